The molecule has 0 amide bonds. The van der Waals surface area contributed by atoms with Crippen molar-refractivity contribution in [3.63, 3.8) is 0 Å². The first-order valence-corrected chi connectivity index (χ1v) is 8.17. The normalized spacial score (nSPS) is 11.4. The number of nitrogens with zero attached hydrogens (tertiary/aromatic N) is 2. The summed E-state index contributed by atoms with van der Waals surface area (Å²) in [6.07, 6.45) is 1.51. The van der Waals surface area contributed by atoms with E-state index in [-0.39, 0.29) is 16.5 Å². The number of aryl methyl sites for hydroxylation is 2. The molecule has 0 aliphatic rings. The second-order valence-corrected chi connectivity index (χ2v) is 6.19. The zero-order chi connectivity index (χ0) is 18.0. The fourth-order valence-corrected chi connectivity index (χ4v) is 2.91. The zero-order valence-electron chi connectivity index (χ0n) is 13.9. The monoisotopic (exact) mass is 346 g/mol. The van der Waals surface area contributed by atoms with Crippen LogP contribution in [0, 0.1) is 25.2 Å². The Morgan fingerprint density at radius 2 is 1.84 bits per heavy atom. The minimum Gasteiger partial charge on any atom is -0.288 e. The minimum absolute atomic E-state index is 0.0324. The van der Waals surface area contributed by atoms with Gasteiger partial charge in [0.2, 0.25) is 5.78 Å². The van der Waals surface area contributed by atoms with E-state index in [1.807, 2.05) is 56.3 Å². The number of nitriles is 1. The predicted octanol–water partition coefficient (Wildman–Crippen LogP) is 5.29. The van der Waals surface area contributed by atoms with Gasteiger partial charge < -0.3 is 0 Å². The molecule has 2 aromatic carbocycles. The maximum Gasteiger partial charge on any atom is 0.203 e. The highest BCUT2D eigenvalue weighted by Gasteiger charge is 2.15. The molecule has 0 aliphatic carbocycles. The van der Waals surface area contributed by atoms with Crippen LogP contribution in [-0.2, 0) is 0 Å². The number of para-hydroxylation sites is 1. The average molecular weight is 347 g/mol. The van der Waals surface area contributed by atoms with Crippen molar-refractivity contribution >= 4 is 34.4 Å². The third-order valence-electron chi connectivity index (χ3n) is 4.08. The van der Waals surface area contributed by atoms with Gasteiger partial charge in [0.05, 0.1) is 5.52 Å². The molecule has 122 valence electrons. The Kier molecular flexibility index (Phi) is 4.65. The average Bonchev–Trinajstić information content (AvgIpc) is 2.60. The third kappa shape index (κ3) is 3.31. The van der Waals surface area contributed by atoms with Gasteiger partial charge in [-0.05, 0) is 37.1 Å². The Labute approximate surface area is 151 Å². The predicted molar refractivity (Wildman–Crippen MR) is 101 cm³/mol. The van der Waals surface area contributed by atoms with Gasteiger partial charge in [-0.15, -0.1) is 0 Å². The Hall–Kier alpha value is -2.96. The van der Waals surface area contributed by atoms with Crippen molar-refractivity contribution < 1.29 is 4.79 Å². The number of carbonyl (C=O) groups is 1. The van der Waals surface area contributed by atoms with E-state index in [2.05, 4.69) is 4.98 Å². The maximum absolute atomic E-state index is 12.7. The lowest BCUT2D eigenvalue weighted by Crippen LogP contribution is -2.04. The summed E-state index contributed by atoms with van der Waals surface area (Å²) >= 11 is 6.28. The molecule has 0 saturated carbocycles. The van der Waals surface area contributed by atoms with Crippen molar-refractivity contribution in [2.75, 3.05) is 0 Å². The molecule has 0 atom stereocenters. The minimum atomic E-state index is -0.319. The van der Waals surface area contributed by atoms with Crippen LogP contribution >= 0.6 is 11.6 Å². The van der Waals surface area contributed by atoms with Gasteiger partial charge in [-0.1, -0.05) is 54.1 Å². The van der Waals surface area contributed by atoms with Crippen LogP contribution in [-0.4, -0.2) is 10.8 Å². The number of pyridine rings is 1. The molecule has 0 unspecified atom stereocenters. The van der Waals surface area contributed by atoms with Gasteiger partial charge in [-0.2, -0.15) is 5.26 Å². The molecular formula is C21H15ClN2O. The van der Waals surface area contributed by atoms with E-state index < -0.39 is 0 Å². The quantitative estimate of drug-likeness (QED) is 0.280. The summed E-state index contributed by atoms with van der Waals surface area (Å²) in [6, 6.07) is 16.9. The van der Waals surface area contributed by atoms with Crippen molar-refractivity contribution in [2.24, 2.45) is 0 Å². The number of ketones is 1. The van der Waals surface area contributed by atoms with E-state index in [1.54, 1.807) is 12.1 Å². The summed E-state index contributed by atoms with van der Waals surface area (Å²) < 4.78 is 0. The largest absolute Gasteiger partial charge is 0.288 e. The summed E-state index contributed by atoms with van der Waals surface area (Å²) in [7, 11) is 0. The van der Waals surface area contributed by atoms with Gasteiger partial charge >= 0.3 is 0 Å². The molecule has 1 heterocycles. The number of fused-ring (bicyclic) bond motifs is 1. The molecule has 3 rings (SSSR count). The number of allylic oxidation sites excluding steroid dienone is 1. The Morgan fingerprint density at radius 1 is 1.12 bits per heavy atom. The van der Waals surface area contributed by atoms with Gasteiger partial charge in [0.1, 0.15) is 16.8 Å². The van der Waals surface area contributed by atoms with Crippen LogP contribution in [0.2, 0.25) is 5.15 Å². The van der Waals surface area contributed by atoms with Crippen LogP contribution in [0.3, 0.4) is 0 Å². The first-order chi connectivity index (χ1) is 12.0. The molecule has 0 bridgehead atoms. The smallest absolute Gasteiger partial charge is 0.203 e. The standard InChI is InChI=1S/C21H15ClN2O/c1-13-6-3-4-9-18(13)20(25)17(12-23)11-16-10-15-8-5-7-14(2)19(15)24-21(16)22/h3-11H,1-2H3/b17-11+. The molecule has 4 heteroatoms. The number of Topliss-reactive ketones (excluding diaryl/α,β-unsaturated/α-hetero) is 1. The molecule has 0 spiro atoms. The number of carbonyl (C=O) groups excluding carboxylic acids is 1. The third-order valence-corrected chi connectivity index (χ3v) is 4.39. The van der Waals surface area contributed by atoms with Gasteiger partial charge in [0, 0.05) is 16.5 Å². The first-order valence-electron chi connectivity index (χ1n) is 7.79. The van der Waals surface area contributed by atoms with Crippen molar-refractivity contribution in [2.45, 2.75) is 13.8 Å². The van der Waals surface area contributed by atoms with E-state index in [1.165, 1.54) is 6.08 Å². The number of rotatable bonds is 3. The van der Waals surface area contributed by atoms with Gasteiger partial charge in [0.25, 0.3) is 0 Å². The van der Waals surface area contributed by atoms with Crippen LogP contribution < -0.4 is 0 Å². The van der Waals surface area contributed by atoms with E-state index in [4.69, 9.17) is 11.6 Å². The summed E-state index contributed by atoms with van der Waals surface area (Å²) in [5.41, 5.74) is 3.76. The molecule has 0 saturated heterocycles. The second-order valence-electron chi connectivity index (χ2n) is 5.83. The highest BCUT2D eigenvalue weighted by molar-refractivity contribution is 6.31. The highest BCUT2D eigenvalue weighted by atomic mass is 35.5. The molecule has 0 N–H and O–H groups in total. The topological polar surface area (TPSA) is 53.8 Å². The summed E-state index contributed by atoms with van der Waals surface area (Å²) in [5.74, 6) is -0.319. The Morgan fingerprint density at radius 3 is 2.56 bits per heavy atom. The first kappa shape index (κ1) is 16.9. The number of aromatic nitrogens is 1. The van der Waals surface area contributed by atoms with Crippen LogP contribution in [0.4, 0.5) is 0 Å². The maximum atomic E-state index is 12.7. The van der Waals surface area contributed by atoms with Crippen LogP contribution in [0.25, 0.3) is 17.0 Å². The fraction of sp³-hybridized carbons (Fsp3) is 0.0952. The van der Waals surface area contributed by atoms with E-state index in [0.29, 0.717) is 11.1 Å². The summed E-state index contributed by atoms with van der Waals surface area (Å²) in [4.78, 5) is 17.1. The lowest BCUT2D eigenvalue weighted by Gasteiger charge is -2.06. The molecule has 0 radical (unpaired) electrons. The number of benzene rings is 2. The molecule has 0 fully saturated rings. The Balaban J connectivity index is 2.11. The zero-order valence-corrected chi connectivity index (χ0v) is 14.6. The Bertz CT molecular complexity index is 1060. The van der Waals surface area contributed by atoms with Crippen LogP contribution in [0.1, 0.15) is 27.0 Å². The number of hydrogen-bond donors (Lipinski definition) is 0. The lowest BCUT2D eigenvalue weighted by atomic mass is 9.98. The molecule has 3 nitrogen and oxygen atoms in total. The van der Waals surface area contributed by atoms with E-state index >= 15 is 0 Å². The lowest BCUT2D eigenvalue weighted by molar-refractivity contribution is 0.103. The fourth-order valence-electron chi connectivity index (χ4n) is 2.72. The van der Waals surface area contributed by atoms with Crippen molar-refractivity contribution in [1.82, 2.24) is 4.98 Å². The van der Waals surface area contributed by atoms with Crippen molar-refractivity contribution in [3.8, 4) is 6.07 Å². The molecule has 3 aromatic rings. The van der Waals surface area contributed by atoms with Gasteiger partial charge in [-0.3, -0.25) is 4.79 Å². The van der Waals surface area contributed by atoms with Crippen molar-refractivity contribution in [3.05, 3.63) is 81.5 Å². The van der Waals surface area contributed by atoms with Gasteiger partial charge in [-0.25, -0.2) is 4.98 Å². The van der Waals surface area contributed by atoms with Gasteiger partial charge in [0.15, 0.2) is 0 Å². The van der Waals surface area contributed by atoms with Crippen LogP contribution in [0.15, 0.2) is 54.1 Å². The van der Waals surface area contributed by atoms with Crippen LogP contribution in [0.5, 0.6) is 0 Å². The van der Waals surface area contributed by atoms with E-state index in [9.17, 15) is 10.1 Å². The highest BCUT2D eigenvalue weighted by Crippen LogP contribution is 2.25. The van der Waals surface area contributed by atoms with E-state index in [0.717, 1.165) is 22.0 Å². The molecule has 25 heavy (non-hydrogen) atoms. The molecule has 0 aliphatic heterocycles. The van der Waals surface area contributed by atoms with Crippen molar-refractivity contribution in [1.29, 1.82) is 5.26 Å². The second kappa shape index (κ2) is 6.88. The SMILES string of the molecule is Cc1ccccc1C(=O)/C(C#N)=C/c1cc2cccc(C)c2nc1Cl. The number of halogens is 1. The molecular weight excluding hydrogens is 332 g/mol. The molecule has 1 aromatic heterocycles. The summed E-state index contributed by atoms with van der Waals surface area (Å²) in [5, 5.41) is 10.6. The number of hydrogen-bond acceptors (Lipinski definition) is 3. The summed E-state index contributed by atoms with van der Waals surface area (Å²) in [6.45, 7) is 3.80.